The molecule has 3 fully saturated rings. The van der Waals surface area contributed by atoms with Gasteiger partial charge in [0.2, 0.25) is 0 Å². The van der Waals surface area contributed by atoms with E-state index in [9.17, 15) is 0 Å². The molecular formula is C23H45N3O. The zero-order chi connectivity index (χ0) is 19.4. The smallest absolute Gasteiger partial charge is 0.0630 e. The summed E-state index contributed by atoms with van der Waals surface area (Å²) >= 11 is 0. The van der Waals surface area contributed by atoms with Gasteiger partial charge in [-0.3, -0.25) is 4.90 Å². The summed E-state index contributed by atoms with van der Waals surface area (Å²) in [6.07, 6.45) is 7.03. The van der Waals surface area contributed by atoms with Crippen LogP contribution in [0.25, 0.3) is 0 Å². The maximum absolute atomic E-state index is 5.65. The fourth-order valence-electron chi connectivity index (χ4n) is 5.87. The minimum Gasteiger partial charge on any atom is -0.383 e. The van der Waals surface area contributed by atoms with Gasteiger partial charge < -0.3 is 14.5 Å². The number of piperazine rings is 1. The molecule has 3 aliphatic rings. The van der Waals surface area contributed by atoms with Gasteiger partial charge in [0.1, 0.15) is 0 Å². The summed E-state index contributed by atoms with van der Waals surface area (Å²) in [6, 6.07) is 2.09. The first-order chi connectivity index (χ1) is 13.0. The number of ether oxygens (including phenoxy) is 1. The Kier molecular flexibility index (Phi) is 8.02. The molecule has 0 amide bonds. The van der Waals surface area contributed by atoms with Gasteiger partial charge in [-0.1, -0.05) is 13.8 Å². The summed E-state index contributed by atoms with van der Waals surface area (Å²) in [6.45, 7) is 18.0. The van der Waals surface area contributed by atoms with Crippen molar-refractivity contribution in [3.05, 3.63) is 0 Å². The molecule has 2 heterocycles. The second-order valence-electron chi connectivity index (χ2n) is 10.2. The highest BCUT2D eigenvalue weighted by atomic mass is 16.5. The molecule has 1 aliphatic carbocycles. The molecule has 0 radical (unpaired) electrons. The van der Waals surface area contributed by atoms with Gasteiger partial charge in [-0.05, 0) is 70.3 Å². The molecule has 0 unspecified atom stereocenters. The Labute approximate surface area is 168 Å². The van der Waals surface area contributed by atoms with Crippen LogP contribution in [0.15, 0.2) is 0 Å². The first kappa shape index (κ1) is 21.5. The van der Waals surface area contributed by atoms with E-state index in [1.165, 1.54) is 71.4 Å². The van der Waals surface area contributed by atoms with Crippen LogP contribution in [0.4, 0.5) is 0 Å². The van der Waals surface area contributed by atoms with E-state index >= 15 is 0 Å². The third-order valence-electron chi connectivity index (χ3n) is 7.69. The average Bonchev–Trinajstić information content (AvgIpc) is 3.11. The van der Waals surface area contributed by atoms with E-state index < -0.39 is 0 Å². The standard InChI is InChI=1S/C23H45N3O/c1-18(2)21-6-8-22(9-7-21)26-13-12-24(16-23(26)17-27-5)14-20-10-11-25(15-20)19(3)4/h18-23H,6-17H2,1-5H3/t20-,21?,22?,23-/m0/s1. The molecule has 0 aromatic rings. The molecule has 0 N–H and O–H groups in total. The van der Waals surface area contributed by atoms with E-state index in [4.69, 9.17) is 4.74 Å². The van der Waals surface area contributed by atoms with Crippen molar-refractivity contribution in [2.75, 3.05) is 53.0 Å². The summed E-state index contributed by atoms with van der Waals surface area (Å²) in [5.74, 6) is 2.67. The number of hydrogen-bond acceptors (Lipinski definition) is 4. The predicted octanol–water partition coefficient (Wildman–Crippen LogP) is 3.56. The first-order valence-corrected chi connectivity index (χ1v) is 11.7. The molecule has 158 valence electrons. The van der Waals surface area contributed by atoms with Gasteiger partial charge in [0, 0.05) is 58.0 Å². The summed E-state index contributed by atoms with van der Waals surface area (Å²) in [7, 11) is 1.88. The Morgan fingerprint density at radius 1 is 0.889 bits per heavy atom. The molecule has 27 heavy (non-hydrogen) atoms. The topological polar surface area (TPSA) is 19.0 Å². The second kappa shape index (κ2) is 10.0. The highest BCUT2D eigenvalue weighted by Gasteiger charge is 2.36. The maximum Gasteiger partial charge on any atom is 0.0630 e. The molecule has 4 heteroatoms. The van der Waals surface area contributed by atoms with Crippen LogP contribution in [0, 0.1) is 17.8 Å². The summed E-state index contributed by atoms with van der Waals surface area (Å²) < 4.78 is 5.65. The zero-order valence-electron chi connectivity index (χ0n) is 18.7. The van der Waals surface area contributed by atoms with Crippen molar-refractivity contribution in [3.8, 4) is 0 Å². The Morgan fingerprint density at radius 2 is 1.63 bits per heavy atom. The fourth-order valence-corrected chi connectivity index (χ4v) is 5.87. The Morgan fingerprint density at radius 3 is 2.22 bits per heavy atom. The minimum absolute atomic E-state index is 0.590. The number of rotatable bonds is 7. The molecule has 0 aromatic heterocycles. The Bertz CT molecular complexity index is 433. The van der Waals surface area contributed by atoms with Crippen molar-refractivity contribution in [2.45, 2.75) is 77.9 Å². The Balaban J connectivity index is 1.50. The normalized spacial score (nSPS) is 34.8. The molecule has 3 rings (SSSR count). The van der Waals surface area contributed by atoms with Gasteiger partial charge in [-0.25, -0.2) is 0 Å². The summed E-state index contributed by atoms with van der Waals surface area (Å²) in [5.41, 5.74) is 0. The molecule has 2 atom stereocenters. The van der Waals surface area contributed by atoms with Crippen LogP contribution in [-0.4, -0.2) is 85.8 Å². The lowest BCUT2D eigenvalue weighted by molar-refractivity contribution is -0.0175. The largest absolute Gasteiger partial charge is 0.383 e. The van der Waals surface area contributed by atoms with E-state index in [-0.39, 0.29) is 0 Å². The fraction of sp³-hybridized carbons (Fsp3) is 1.00. The van der Waals surface area contributed by atoms with Gasteiger partial charge in [-0.2, -0.15) is 0 Å². The summed E-state index contributed by atoms with van der Waals surface area (Å²) in [5, 5.41) is 0. The average molecular weight is 380 g/mol. The number of methoxy groups -OCH3 is 1. The van der Waals surface area contributed by atoms with Gasteiger partial charge >= 0.3 is 0 Å². The van der Waals surface area contributed by atoms with Crippen molar-refractivity contribution < 1.29 is 4.74 Å². The Hall–Kier alpha value is -0.160. The van der Waals surface area contributed by atoms with E-state index in [0.717, 1.165) is 30.4 Å². The third-order valence-corrected chi connectivity index (χ3v) is 7.69. The van der Waals surface area contributed by atoms with Crippen molar-refractivity contribution in [1.29, 1.82) is 0 Å². The monoisotopic (exact) mass is 379 g/mol. The number of likely N-dealkylation sites (tertiary alicyclic amines) is 1. The van der Waals surface area contributed by atoms with Crippen LogP contribution in [0.5, 0.6) is 0 Å². The van der Waals surface area contributed by atoms with E-state index in [1.54, 1.807) is 0 Å². The van der Waals surface area contributed by atoms with Crippen LogP contribution >= 0.6 is 0 Å². The van der Waals surface area contributed by atoms with Gasteiger partial charge in [0.05, 0.1) is 6.61 Å². The molecule has 0 bridgehead atoms. The highest BCUT2D eigenvalue weighted by Crippen LogP contribution is 2.34. The number of nitrogens with zero attached hydrogens (tertiary/aromatic N) is 3. The second-order valence-corrected chi connectivity index (χ2v) is 10.2. The minimum atomic E-state index is 0.590. The first-order valence-electron chi connectivity index (χ1n) is 11.7. The van der Waals surface area contributed by atoms with Crippen molar-refractivity contribution in [2.24, 2.45) is 17.8 Å². The molecule has 4 nitrogen and oxygen atoms in total. The number of hydrogen-bond donors (Lipinski definition) is 0. The van der Waals surface area contributed by atoms with Crippen LogP contribution in [0.3, 0.4) is 0 Å². The molecule has 2 saturated heterocycles. The summed E-state index contributed by atoms with van der Waals surface area (Å²) in [4.78, 5) is 8.22. The SMILES string of the molecule is COC[C@@H]1CN(C[C@@H]2CCN(C(C)C)C2)CCN1C1CCC(C(C)C)CC1. The van der Waals surface area contributed by atoms with Crippen molar-refractivity contribution in [1.82, 2.24) is 14.7 Å². The van der Waals surface area contributed by atoms with Crippen LogP contribution in [0.1, 0.15) is 59.8 Å². The lowest BCUT2D eigenvalue weighted by atomic mass is 9.79. The van der Waals surface area contributed by atoms with E-state index in [1.807, 2.05) is 7.11 Å². The lowest BCUT2D eigenvalue weighted by Crippen LogP contribution is -2.59. The van der Waals surface area contributed by atoms with Gasteiger partial charge in [-0.15, -0.1) is 0 Å². The highest BCUT2D eigenvalue weighted by molar-refractivity contribution is 4.91. The van der Waals surface area contributed by atoms with E-state index in [0.29, 0.717) is 12.1 Å². The molecule has 0 aromatic carbocycles. The molecule has 2 aliphatic heterocycles. The third kappa shape index (κ3) is 5.68. The molecule has 1 saturated carbocycles. The van der Waals surface area contributed by atoms with E-state index in [2.05, 4.69) is 42.4 Å². The zero-order valence-corrected chi connectivity index (χ0v) is 18.7. The van der Waals surface area contributed by atoms with Gasteiger partial charge in [0.15, 0.2) is 0 Å². The quantitative estimate of drug-likeness (QED) is 0.673. The van der Waals surface area contributed by atoms with Crippen LogP contribution in [-0.2, 0) is 4.74 Å². The van der Waals surface area contributed by atoms with Crippen LogP contribution in [0.2, 0.25) is 0 Å². The maximum atomic E-state index is 5.65. The van der Waals surface area contributed by atoms with Crippen molar-refractivity contribution in [3.63, 3.8) is 0 Å². The molecule has 0 spiro atoms. The predicted molar refractivity (Wildman–Crippen MR) is 114 cm³/mol. The molecular weight excluding hydrogens is 334 g/mol. The van der Waals surface area contributed by atoms with Crippen LogP contribution < -0.4 is 0 Å². The van der Waals surface area contributed by atoms with Gasteiger partial charge in [0.25, 0.3) is 0 Å². The lowest BCUT2D eigenvalue weighted by Gasteiger charge is -2.47. The van der Waals surface area contributed by atoms with Crippen molar-refractivity contribution >= 4 is 0 Å².